The lowest BCUT2D eigenvalue weighted by Crippen LogP contribution is -2.29. The molecule has 2 aromatic rings. The Balaban J connectivity index is 1.57. The molecule has 102 valence electrons. The van der Waals surface area contributed by atoms with E-state index in [9.17, 15) is 4.79 Å². The van der Waals surface area contributed by atoms with Gasteiger partial charge in [-0.2, -0.15) is 0 Å². The summed E-state index contributed by atoms with van der Waals surface area (Å²) in [4.78, 5) is 14.9. The molecule has 0 radical (unpaired) electrons. The molecular weight excluding hydrogens is 252 g/mol. The SMILES string of the molecule is O=C(O)c1ccc(CNC2Cc3ccccc3C2)nc1. The molecule has 1 aromatic heterocycles. The van der Waals surface area contributed by atoms with E-state index >= 15 is 0 Å². The summed E-state index contributed by atoms with van der Waals surface area (Å²) in [5, 5.41) is 12.3. The van der Waals surface area contributed by atoms with Crippen molar-refractivity contribution in [1.82, 2.24) is 10.3 Å². The number of benzene rings is 1. The largest absolute Gasteiger partial charge is 0.478 e. The van der Waals surface area contributed by atoms with Crippen molar-refractivity contribution in [3.05, 3.63) is 65.0 Å². The minimum Gasteiger partial charge on any atom is -0.478 e. The summed E-state index contributed by atoms with van der Waals surface area (Å²) in [6, 6.07) is 12.3. The summed E-state index contributed by atoms with van der Waals surface area (Å²) in [6.07, 6.45) is 3.50. The van der Waals surface area contributed by atoms with Gasteiger partial charge in [-0.15, -0.1) is 0 Å². The second-order valence-electron chi connectivity index (χ2n) is 5.10. The van der Waals surface area contributed by atoms with Crippen LogP contribution in [0.25, 0.3) is 0 Å². The molecule has 0 bridgehead atoms. The first-order valence-electron chi connectivity index (χ1n) is 6.71. The van der Waals surface area contributed by atoms with Gasteiger partial charge in [0, 0.05) is 18.8 Å². The van der Waals surface area contributed by atoms with E-state index in [1.54, 1.807) is 12.1 Å². The number of nitrogens with zero attached hydrogens (tertiary/aromatic N) is 1. The molecule has 4 nitrogen and oxygen atoms in total. The van der Waals surface area contributed by atoms with Crippen molar-refractivity contribution in [3.63, 3.8) is 0 Å². The molecule has 0 atom stereocenters. The Kier molecular flexibility index (Phi) is 3.48. The number of carboxylic acid groups (broad SMARTS) is 1. The highest BCUT2D eigenvalue weighted by Crippen LogP contribution is 2.21. The second-order valence-corrected chi connectivity index (χ2v) is 5.10. The molecule has 1 aromatic carbocycles. The molecule has 0 saturated heterocycles. The lowest BCUT2D eigenvalue weighted by molar-refractivity contribution is 0.0696. The second kappa shape index (κ2) is 5.43. The number of hydrogen-bond acceptors (Lipinski definition) is 3. The highest BCUT2D eigenvalue weighted by Gasteiger charge is 2.20. The predicted octanol–water partition coefficient (Wildman–Crippen LogP) is 2.04. The molecular formula is C16H16N2O2. The number of carbonyl (C=O) groups is 1. The summed E-state index contributed by atoms with van der Waals surface area (Å²) >= 11 is 0. The van der Waals surface area contributed by atoms with Gasteiger partial charge in [0.1, 0.15) is 0 Å². The molecule has 1 aliphatic rings. The average molecular weight is 268 g/mol. The zero-order chi connectivity index (χ0) is 13.9. The summed E-state index contributed by atoms with van der Waals surface area (Å²) < 4.78 is 0. The minimum atomic E-state index is -0.941. The Morgan fingerprint density at radius 3 is 2.45 bits per heavy atom. The van der Waals surface area contributed by atoms with Crippen LogP contribution in [0, 0.1) is 0 Å². The first kappa shape index (κ1) is 12.8. The summed E-state index contributed by atoms with van der Waals surface area (Å²) in [5.41, 5.74) is 3.92. The van der Waals surface area contributed by atoms with E-state index < -0.39 is 5.97 Å². The van der Waals surface area contributed by atoms with Crippen LogP contribution in [0.15, 0.2) is 42.6 Å². The molecule has 0 spiro atoms. The lowest BCUT2D eigenvalue weighted by atomic mass is 10.1. The first-order chi connectivity index (χ1) is 9.72. The molecule has 20 heavy (non-hydrogen) atoms. The molecule has 2 N–H and O–H groups in total. The van der Waals surface area contributed by atoms with Crippen molar-refractivity contribution < 1.29 is 9.90 Å². The van der Waals surface area contributed by atoms with E-state index in [-0.39, 0.29) is 5.56 Å². The van der Waals surface area contributed by atoms with Crippen LogP contribution in [0.3, 0.4) is 0 Å². The third-order valence-electron chi connectivity index (χ3n) is 3.69. The Hall–Kier alpha value is -2.20. The van der Waals surface area contributed by atoms with Crippen molar-refractivity contribution in [2.75, 3.05) is 0 Å². The highest BCUT2D eigenvalue weighted by molar-refractivity contribution is 5.87. The fourth-order valence-electron chi connectivity index (χ4n) is 2.61. The molecule has 0 saturated carbocycles. The summed E-state index contributed by atoms with van der Waals surface area (Å²) in [5.74, 6) is -0.941. The number of nitrogens with one attached hydrogen (secondary N) is 1. The zero-order valence-electron chi connectivity index (χ0n) is 11.0. The van der Waals surface area contributed by atoms with Crippen LogP contribution in [-0.4, -0.2) is 22.1 Å². The van der Waals surface area contributed by atoms with Crippen molar-refractivity contribution in [1.29, 1.82) is 0 Å². The standard InChI is InChI=1S/C16H16N2O2/c19-16(20)13-5-6-14(17-9-13)10-18-15-7-11-3-1-2-4-12(11)8-15/h1-6,9,15,18H,7-8,10H2,(H,19,20). The number of carboxylic acids is 1. The van der Waals surface area contributed by atoms with Crippen LogP contribution in [0.5, 0.6) is 0 Å². The molecule has 1 aliphatic carbocycles. The van der Waals surface area contributed by atoms with Crippen LogP contribution < -0.4 is 5.32 Å². The van der Waals surface area contributed by atoms with Crippen LogP contribution in [0.2, 0.25) is 0 Å². The number of rotatable bonds is 4. The molecule has 0 unspecified atom stereocenters. The molecule has 1 heterocycles. The fourth-order valence-corrected chi connectivity index (χ4v) is 2.61. The number of aromatic carboxylic acids is 1. The van der Waals surface area contributed by atoms with Crippen molar-refractivity contribution >= 4 is 5.97 Å². The number of pyridine rings is 1. The third kappa shape index (κ3) is 2.70. The smallest absolute Gasteiger partial charge is 0.337 e. The predicted molar refractivity (Wildman–Crippen MR) is 75.7 cm³/mol. The number of hydrogen-bond donors (Lipinski definition) is 2. The van der Waals surface area contributed by atoms with E-state index in [0.717, 1.165) is 18.5 Å². The van der Waals surface area contributed by atoms with Gasteiger partial charge < -0.3 is 10.4 Å². The van der Waals surface area contributed by atoms with E-state index in [1.807, 2.05) is 0 Å². The topological polar surface area (TPSA) is 62.2 Å². The Bertz CT molecular complexity index is 598. The van der Waals surface area contributed by atoms with E-state index in [4.69, 9.17) is 5.11 Å². The van der Waals surface area contributed by atoms with Gasteiger partial charge in [-0.05, 0) is 36.1 Å². The Morgan fingerprint density at radius 1 is 1.20 bits per heavy atom. The van der Waals surface area contributed by atoms with Crippen molar-refractivity contribution in [2.24, 2.45) is 0 Å². The van der Waals surface area contributed by atoms with Gasteiger partial charge in [-0.25, -0.2) is 4.79 Å². The molecule has 0 amide bonds. The zero-order valence-corrected chi connectivity index (χ0v) is 11.0. The molecule has 4 heteroatoms. The normalized spacial score (nSPS) is 14.2. The van der Waals surface area contributed by atoms with E-state index in [0.29, 0.717) is 12.6 Å². The van der Waals surface area contributed by atoms with E-state index in [1.165, 1.54) is 17.3 Å². The van der Waals surface area contributed by atoms with Gasteiger partial charge in [-0.1, -0.05) is 24.3 Å². The van der Waals surface area contributed by atoms with Gasteiger partial charge >= 0.3 is 5.97 Å². The molecule has 0 fully saturated rings. The average Bonchev–Trinajstić information content (AvgIpc) is 2.88. The molecule has 0 aliphatic heterocycles. The third-order valence-corrected chi connectivity index (χ3v) is 3.69. The van der Waals surface area contributed by atoms with Crippen LogP contribution in [0.4, 0.5) is 0 Å². The maximum absolute atomic E-state index is 10.7. The fraction of sp³-hybridized carbons (Fsp3) is 0.250. The van der Waals surface area contributed by atoms with Crippen LogP contribution >= 0.6 is 0 Å². The van der Waals surface area contributed by atoms with Crippen LogP contribution in [0.1, 0.15) is 27.2 Å². The monoisotopic (exact) mass is 268 g/mol. The van der Waals surface area contributed by atoms with Gasteiger partial charge in [0.2, 0.25) is 0 Å². The summed E-state index contributed by atoms with van der Waals surface area (Å²) in [7, 11) is 0. The Morgan fingerprint density at radius 2 is 1.90 bits per heavy atom. The van der Waals surface area contributed by atoms with Crippen molar-refractivity contribution in [3.8, 4) is 0 Å². The highest BCUT2D eigenvalue weighted by atomic mass is 16.4. The van der Waals surface area contributed by atoms with Gasteiger partial charge in [0.05, 0.1) is 11.3 Å². The van der Waals surface area contributed by atoms with Gasteiger partial charge in [-0.3, -0.25) is 4.98 Å². The first-order valence-corrected chi connectivity index (χ1v) is 6.71. The quantitative estimate of drug-likeness (QED) is 0.890. The van der Waals surface area contributed by atoms with E-state index in [2.05, 4.69) is 34.6 Å². The molecule has 3 rings (SSSR count). The number of fused-ring (bicyclic) bond motifs is 1. The van der Waals surface area contributed by atoms with Gasteiger partial charge in [0.15, 0.2) is 0 Å². The minimum absolute atomic E-state index is 0.224. The Labute approximate surface area is 117 Å². The van der Waals surface area contributed by atoms with Gasteiger partial charge in [0.25, 0.3) is 0 Å². The summed E-state index contributed by atoms with van der Waals surface area (Å²) in [6.45, 7) is 0.665. The van der Waals surface area contributed by atoms with Crippen LogP contribution in [-0.2, 0) is 19.4 Å². The maximum Gasteiger partial charge on any atom is 0.337 e. The lowest BCUT2D eigenvalue weighted by Gasteiger charge is -2.11. The number of aromatic nitrogens is 1. The maximum atomic E-state index is 10.7. The van der Waals surface area contributed by atoms with Crippen molar-refractivity contribution in [2.45, 2.75) is 25.4 Å².